The first-order valence-electron chi connectivity index (χ1n) is 5.12. The first-order chi connectivity index (χ1) is 7.10. The van der Waals surface area contributed by atoms with E-state index in [9.17, 15) is 9.90 Å². The van der Waals surface area contributed by atoms with E-state index in [0.717, 1.165) is 24.0 Å². The van der Waals surface area contributed by atoms with Crippen LogP contribution < -0.4 is 0 Å². The lowest BCUT2D eigenvalue weighted by Gasteiger charge is -2.12. The zero-order chi connectivity index (χ0) is 11.4. The Bertz CT molecular complexity index is 358. The Morgan fingerprint density at radius 1 is 1.33 bits per heavy atom. The third-order valence-electron chi connectivity index (χ3n) is 2.53. The summed E-state index contributed by atoms with van der Waals surface area (Å²) in [7, 11) is 0. The van der Waals surface area contributed by atoms with Crippen molar-refractivity contribution in [3.63, 3.8) is 0 Å². The lowest BCUT2D eigenvalue weighted by atomic mass is 9.97. The van der Waals surface area contributed by atoms with Crippen molar-refractivity contribution in [3.8, 4) is 0 Å². The number of benzene rings is 1. The number of aliphatic hydroxyl groups is 1. The fourth-order valence-electron chi connectivity index (χ4n) is 1.57. The molecule has 0 aliphatic carbocycles. The summed E-state index contributed by atoms with van der Waals surface area (Å²) in [4.78, 5) is 10.7. The molecule has 0 aliphatic rings. The smallest absolute Gasteiger partial charge is 0.337 e. The highest BCUT2D eigenvalue weighted by Crippen LogP contribution is 2.21. The van der Waals surface area contributed by atoms with E-state index in [0.29, 0.717) is 5.56 Å². The number of carbonyl (C=O) groups is 1. The fourth-order valence-corrected chi connectivity index (χ4v) is 1.57. The summed E-state index contributed by atoms with van der Waals surface area (Å²) >= 11 is 0. The van der Waals surface area contributed by atoms with E-state index in [-0.39, 0.29) is 0 Å². The summed E-state index contributed by atoms with van der Waals surface area (Å²) in [6, 6.07) is 5.63. The van der Waals surface area contributed by atoms with Gasteiger partial charge in [0.1, 0.15) is 0 Å². The molecule has 0 radical (unpaired) electrons. The van der Waals surface area contributed by atoms with Crippen molar-refractivity contribution in [2.75, 3.05) is 0 Å². The van der Waals surface area contributed by atoms with E-state index in [4.69, 9.17) is 5.11 Å². The van der Waals surface area contributed by atoms with Gasteiger partial charge in [0.05, 0.1) is 0 Å². The van der Waals surface area contributed by atoms with Gasteiger partial charge >= 0.3 is 5.97 Å². The quantitative estimate of drug-likeness (QED) is 0.794. The predicted octanol–water partition coefficient (Wildman–Crippen LogP) is 1.93. The molecule has 0 saturated carbocycles. The van der Waals surface area contributed by atoms with Gasteiger partial charge in [-0.15, -0.1) is 0 Å². The van der Waals surface area contributed by atoms with E-state index < -0.39 is 12.1 Å². The second kappa shape index (κ2) is 4.94. The molecule has 1 rings (SSSR count). The van der Waals surface area contributed by atoms with Crippen LogP contribution in [0, 0.1) is 0 Å². The van der Waals surface area contributed by atoms with Gasteiger partial charge in [0, 0.05) is 0 Å². The molecule has 0 bridgehead atoms. The van der Waals surface area contributed by atoms with Crippen LogP contribution in [0.1, 0.15) is 36.6 Å². The van der Waals surface area contributed by atoms with Gasteiger partial charge in [0.15, 0.2) is 6.10 Å². The van der Waals surface area contributed by atoms with Crippen LogP contribution in [0.15, 0.2) is 18.2 Å². The van der Waals surface area contributed by atoms with Crippen molar-refractivity contribution < 1.29 is 15.0 Å². The number of rotatable bonds is 4. The van der Waals surface area contributed by atoms with Crippen molar-refractivity contribution in [3.05, 3.63) is 34.9 Å². The summed E-state index contributed by atoms with van der Waals surface area (Å²) in [5, 5.41) is 18.3. The minimum Gasteiger partial charge on any atom is -0.479 e. The van der Waals surface area contributed by atoms with Crippen LogP contribution in [0.2, 0.25) is 0 Å². The minimum atomic E-state index is -1.41. The topological polar surface area (TPSA) is 57.5 Å². The van der Waals surface area contributed by atoms with E-state index in [1.54, 1.807) is 6.07 Å². The molecule has 0 saturated heterocycles. The Hall–Kier alpha value is -1.35. The van der Waals surface area contributed by atoms with Gasteiger partial charge in [-0.05, 0) is 29.5 Å². The number of carboxylic acids is 1. The van der Waals surface area contributed by atoms with Crippen LogP contribution in [0.25, 0.3) is 0 Å². The second-order valence-corrected chi connectivity index (χ2v) is 3.48. The van der Waals surface area contributed by atoms with Gasteiger partial charge in [-0.2, -0.15) is 0 Å². The van der Waals surface area contributed by atoms with Gasteiger partial charge in [0.25, 0.3) is 0 Å². The molecule has 0 amide bonds. The standard InChI is InChI=1S/C12H16O3/c1-3-8-5-6-9(4-2)10(7-8)11(13)12(14)15/h5-7,11,13H,3-4H2,1-2H3,(H,14,15). The molecule has 0 heterocycles. The highest BCUT2D eigenvalue weighted by Gasteiger charge is 2.18. The molecule has 2 N–H and O–H groups in total. The molecule has 1 unspecified atom stereocenters. The van der Waals surface area contributed by atoms with E-state index in [1.807, 2.05) is 26.0 Å². The molecule has 0 fully saturated rings. The third kappa shape index (κ3) is 2.57. The summed E-state index contributed by atoms with van der Waals surface area (Å²) in [5.74, 6) is -1.20. The van der Waals surface area contributed by atoms with Gasteiger partial charge in [0.2, 0.25) is 0 Å². The van der Waals surface area contributed by atoms with E-state index >= 15 is 0 Å². The monoisotopic (exact) mass is 208 g/mol. The zero-order valence-corrected chi connectivity index (χ0v) is 9.03. The summed E-state index contributed by atoms with van der Waals surface area (Å²) in [5.41, 5.74) is 2.45. The Labute approximate surface area is 89.4 Å². The Kier molecular flexibility index (Phi) is 3.86. The summed E-state index contributed by atoms with van der Waals surface area (Å²) in [6.07, 6.45) is 0.152. The Morgan fingerprint density at radius 2 is 2.00 bits per heavy atom. The van der Waals surface area contributed by atoms with Crippen molar-refractivity contribution in [1.82, 2.24) is 0 Å². The van der Waals surface area contributed by atoms with Crippen LogP contribution >= 0.6 is 0 Å². The highest BCUT2D eigenvalue weighted by molar-refractivity contribution is 5.74. The average molecular weight is 208 g/mol. The first kappa shape index (κ1) is 11.7. The van der Waals surface area contributed by atoms with E-state index in [1.165, 1.54) is 0 Å². The van der Waals surface area contributed by atoms with Crippen LogP contribution in [-0.4, -0.2) is 16.2 Å². The number of aryl methyl sites for hydroxylation is 2. The van der Waals surface area contributed by atoms with Gasteiger partial charge in [-0.25, -0.2) is 4.79 Å². The molecule has 0 spiro atoms. The average Bonchev–Trinajstić information content (AvgIpc) is 2.27. The zero-order valence-electron chi connectivity index (χ0n) is 9.03. The van der Waals surface area contributed by atoms with E-state index in [2.05, 4.69) is 0 Å². The molecule has 15 heavy (non-hydrogen) atoms. The van der Waals surface area contributed by atoms with Crippen molar-refractivity contribution in [2.24, 2.45) is 0 Å². The summed E-state index contributed by atoms with van der Waals surface area (Å²) in [6.45, 7) is 3.94. The Balaban J connectivity index is 3.16. The number of hydrogen-bond acceptors (Lipinski definition) is 2. The second-order valence-electron chi connectivity index (χ2n) is 3.48. The molecule has 1 aromatic rings. The molecular weight excluding hydrogens is 192 g/mol. The van der Waals surface area contributed by atoms with Crippen LogP contribution in [0.3, 0.4) is 0 Å². The Morgan fingerprint density at radius 3 is 2.47 bits per heavy atom. The van der Waals surface area contributed by atoms with Gasteiger partial charge in [-0.3, -0.25) is 0 Å². The number of aliphatic carboxylic acids is 1. The van der Waals surface area contributed by atoms with Crippen LogP contribution in [0.4, 0.5) is 0 Å². The molecule has 82 valence electrons. The normalized spacial score (nSPS) is 12.5. The molecule has 1 aromatic carbocycles. The van der Waals surface area contributed by atoms with Crippen LogP contribution in [-0.2, 0) is 17.6 Å². The molecule has 1 atom stereocenters. The maximum absolute atomic E-state index is 10.7. The maximum Gasteiger partial charge on any atom is 0.337 e. The molecule has 3 heteroatoms. The SMILES string of the molecule is CCc1ccc(CC)c(C(O)C(=O)O)c1. The number of aliphatic hydroxyl groups excluding tert-OH is 1. The largest absolute Gasteiger partial charge is 0.479 e. The van der Waals surface area contributed by atoms with Gasteiger partial charge in [-0.1, -0.05) is 32.0 Å². The van der Waals surface area contributed by atoms with Crippen molar-refractivity contribution in [1.29, 1.82) is 0 Å². The lowest BCUT2D eigenvalue weighted by Crippen LogP contribution is -2.13. The first-order valence-corrected chi connectivity index (χ1v) is 5.12. The minimum absolute atomic E-state index is 0.518. The van der Waals surface area contributed by atoms with Crippen molar-refractivity contribution >= 4 is 5.97 Å². The van der Waals surface area contributed by atoms with Gasteiger partial charge < -0.3 is 10.2 Å². The highest BCUT2D eigenvalue weighted by atomic mass is 16.4. The lowest BCUT2D eigenvalue weighted by molar-refractivity contribution is -0.147. The number of hydrogen-bond donors (Lipinski definition) is 2. The molecule has 0 aromatic heterocycles. The fraction of sp³-hybridized carbons (Fsp3) is 0.417. The summed E-state index contributed by atoms with van der Waals surface area (Å²) < 4.78 is 0. The van der Waals surface area contributed by atoms with Crippen LogP contribution in [0.5, 0.6) is 0 Å². The molecular formula is C12H16O3. The number of carboxylic acid groups (broad SMARTS) is 1. The third-order valence-corrected chi connectivity index (χ3v) is 2.53. The molecule has 0 aliphatic heterocycles. The molecule has 3 nitrogen and oxygen atoms in total. The van der Waals surface area contributed by atoms with Crippen molar-refractivity contribution in [2.45, 2.75) is 32.8 Å². The maximum atomic E-state index is 10.7. The predicted molar refractivity (Wildman–Crippen MR) is 57.8 cm³/mol.